The molecule has 0 radical (unpaired) electrons. The quantitative estimate of drug-likeness (QED) is 0.121. The predicted molar refractivity (Wildman–Crippen MR) is 216 cm³/mol. The molecule has 12 atom stereocenters. The lowest BCUT2D eigenvalue weighted by Crippen LogP contribution is -2.82. The Morgan fingerprint density at radius 2 is 1.49 bits per heavy atom. The van der Waals surface area contributed by atoms with E-state index in [0.29, 0.717) is 5.56 Å². The van der Waals surface area contributed by atoms with Gasteiger partial charge in [-0.05, 0) is 56.5 Å². The molecule has 4 aliphatic rings. The summed E-state index contributed by atoms with van der Waals surface area (Å²) in [5.41, 5.74) is -7.39. The first-order chi connectivity index (χ1) is 28.4. The zero-order valence-electron chi connectivity index (χ0n) is 36.0. The van der Waals surface area contributed by atoms with Crippen LogP contribution in [0.15, 0.2) is 71.8 Å². The molecular weight excluding hydrogens is 792 g/mol. The molecule has 2 amide bonds. The number of rotatable bonds is 9. The van der Waals surface area contributed by atoms with Crippen molar-refractivity contribution >= 4 is 29.9 Å². The van der Waals surface area contributed by atoms with E-state index < -0.39 is 119 Å². The van der Waals surface area contributed by atoms with Gasteiger partial charge in [0.25, 0.3) is 0 Å². The highest BCUT2D eigenvalue weighted by molar-refractivity contribution is 5.89. The predicted octanol–water partition coefficient (Wildman–Crippen LogP) is 3.20. The number of carbonyl (C=O) groups excluding carboxylic acids is 5. The minimum absolute atomic E-state index is 0.0918. The molecule has 16 heteroatoms. The van der Waals surface area contributed by atoms with Gasteiger partial charge in [-0.15, -0.1) is 0 Å². The van der Waals surface area contributed by atoms with Gasteiger partial charge in [-0.3, -0.25) is 9.59 Å². The topological polar surface area (TPSA) is 236 Å². The van der Waals surface area contributed by atoms with E-state index in [9.17, 15) is 44.4 Å². The van der Waals surface area contributed by atoms with E-state index in [2.05, 4.69) is 10.6 Å². The van der Waals surface area contributed by atoms with Crippen molar-refractivity contribution in [3.8, 4) is 0 Å². The van der Waals surface area contributed by atoms with E-state index >= 15 is 0 Å². The smallest absolute Gasteiger partial charge is 0.338 e. The third kappa shape index (κ3) is 8.04. The number of aliphatic hydroxyl groups is 4. The molecule has 0 spiro atoms. The van der Waals surface area contributed by atoms with E-state index in [1.807, 2.05) is 0 Å². The molecule has 1 aliphatic heterocycles. The monoisotopic (exact) mass is 850 g/mol. The Bertz CT molecular complexity index is 2050. The largest absolute Gasteiger partial charge is 0.456 e. The van der Waals surface area contributed by atoms with Crippen molar-refractivity contribution in [3.63, 3.8) is 0 Å². The van der Waals surface area contributed by atoms with E-state index in [-0.39, 0.29) is 29.7 Å². The molecule has 2 aromatic carbocycles. The van der Waals surface area contributed by atoms with Gasteiger partial charge in [-0.2, -0.15) is 0 Å². The fourth-order valence-electron chi connectivity index (χ4n) is 10.1. The lowest BCUT2D eigenvalue weighted by atomic mass is 9.44. The van der Waals surface area contributed by atoms with E-state index in [0.717, 1.165) is 6.92 Å². The Hall–Kier alpha value is -4.87. The summed E-state index contributed by atoms with van der Waals surface area (Å²) in [7, 11) is 0. The second kappa shape index (κ2) is 16.4. The number of carbonyl (C=O) groups is 5. The molecule has 1 heterocycles. The SMILES string of the molecule is CC(=O)O[C@@H]1C2=C(C)[C@@H](OC(=O)[C@H](O)[C@@H](NC(=O)NC(C)(C)C)c3ccccc3)C[C@@](O)([C@@H](OC(=O)c3ccccc3)[C@H]3[C@@](C)([C@@H](O)CC4OC[C@]43OC(C)=O)[C@H]1O)C2(C)C. The number of hydrogen-bond acceptors (Lipinski definition) is 14. The lowest BCUT2D eigenvalue weighted by Gasteiger charge is -2.69. The summed E-state index contributed by atoms with van der Waals surface area (Å²) in [6.07, 6.45) is -11.8. The van der Waals surface area contributed by atoms with Crippen LogP contribution in [-0.2, 0) is 38.1 Å². The number of fused-ring (bicyclic) bond motifs is 5. The molecule has 3 aliphatic carbocycles. The zero-order chi connectivity index (χ0) is 45.0. The fourth-order valence-corrected chi connectivity index (χ4v) is 10.1. The summed E-state index contributed by atoms with van der Waals surface area (Å²) in [6, 6.07) is 14.2. The number of nitrogens with one attached hydrogen (secondary N) is 2. The second-order valence-electron chi connectivity index (χ2n) is 18.6. The first kappa shape index (κ1) is 45.7. The van der Waals surface area contributed by atoms with Gasteiger partial charge in [0, 0.05) is 43.1 Å². The van der Waals surface area contributed by atoms with Crippen molar-refractivity contribution < 1.29 is 68.1 Å². The van der Waals surface area contributed by atoms with Crippen LogP contribution < -0.4 is 10.6 Å². The van der Waals surface area contributed by atoms with Crippen LogP contribution in [0.1, 0.15) is 97.1 Å². The highest BCUT2D eigenvalue weighted by Crippen LogP contribution is 2.65. The number of ether oxygens (including phenoxy) is 5. The summed E-state index contributed by atoms with van der Waals surface area (Å²) >= 11 is 0. The van der Waals surface area contributed by atoms with Crippen LogP contribution in [0.5, 0.6) is 0 Å². The first-order valence-corrected chi connectivity index (χ1v) is 20.4. The number of esters is 4. The van der Waals surface area contributed by atoms with Crippen LogP contribution in [0, 0.1) is 16.7 Å². The summed E-state index contributed by atoms with van der Waals surface area (Å²) in [5, 5.41) is 55.7. The molecule has 61 heavy (non-hydrogen) atoms. The van der Waals surface area contributed by atoms with E-state index in [4.69, 9.17) is 23.7 Å². The van der Waals surface area contributed by atoms with Crippen LogP contribution in [0.4, 0.5) is 4.79 Å². The second-order valence-corrected chi connectivity index (χ2v) is 18.6. The van der Waals surface area contributed by atoms with Gasteiger partial charge in [-0.1, -0.05) is 69.3 Å². The Morgan fingerprint density at radius 1 is 0.885 bits per heavy atom. The van der Waals surface area contributed by atoms with Gasteiger partial charge >= 0.3 is 29.9 Å². The molecule has 16 nitrogen and oxygen atoms in total. The molecule has 1 saturated heterocycles. The Labute approximate surface area is 354 Å². The van der Waals surface area contributed by atoms with Gasteiger partial charge in [0.15, 0.2) is 17.8 Å². The Morgan fingerprint density at radius 3 is 2.03 bits per heavy atom. The molecule has 0 aromatic heterocycles. The number of amides is 2. The number of benzene rings is 2. The fraction of sp³-hybridized carbons (Fsp3) is 0.578. The van der Waals surface area contributed by atoms with Crippen molar-refractivity contribution in [1.29, 1.82) is 0 Å². The normalized spacial score (nSPS) is 33.7. The number of aliphatic hydroxyl groups excluding tert-OH is 3. The molecular formula is C45H58N2O14. The highest BCUT2D eigenvalue weighted by Gasteiger charge is 2.78. The zero-order valence-corrected chi connectivity index (χ0v) is 36.0. The van der Waals surface area contributed by atoms with Crippen molar-refractivity contribution in [3.05, 3.63) is 82.9 Å². The maximum absolute atomic E-state index is 14.3. The van der Waals surface area contributed by atoms with Crippen molar-refractivity contribution in [2.45, 2.75) is 141 Å². The van der Waals surface area contributed by atoms with Crippen LogP contribution in [0.3, 0.4) is 0 Å². The molecule has 2 bridgehead atoms. The molecule has 3 fully saturated rings. The molecule has 332 valence electrons. The van der Waals surface area contributed by atoms with Gasteiger partial charge in [-0.25, -0.2) is 14.4 Å². The molecule has 2 saturated carbocycles. The minimum Gasteiger partial charge on any atom is -0.456 e. The van der Waals surface area contributed by atoms with Crippen LogP contribution >= 0.6 is 0 Å². The summed E-state index contributed by atoms with van der Waals surface area (Å²) in [6.45, 7) is 13.6. The van der Waals surface area contributed by atoms with E-state index in [1.165, 1.54) is 26.0 Å². The van der Waals surface area contributed by atoms with Crippen LogP contribution in [0.2, 0.25) is 0 Å². The van der Waals surface area contributed by atoms with Crippen LogP contribution in [-0.4, -0.2) is 116 Å². The standard InChI is InChI=1S/C45H58N2O14/c1-23-28(59-39(54)33(51)32(26-16-12-10-13-17-26)46-40(55)47-41(4,5)6)21-45(56)37(60-38(53)27-18-14-11-15-19-27)35-43(9,29(50)20-30-44(35,22-57-30)61-25(3)49)36(52)34(58-24(2)48)31(23)42(45,7)8/h10-19,28-30,32-37,50-52,56H,20-22H2,1-9H3,(H2,46,47,55)/t28-,29-,30?,32-,33+,34+,35-,36-,37-,43+,44-,45+/m0/s1. The van der Waals surface area contributed by atoms with Gasteiger partial charge in [0.2, 0.25) is 0 Å². The molecule has 1 unspecified atom stereocenters. The maximum atomic E-state index is 14.3. The summed E-state index contributed by atoms with van der Waals surface area (Å²) in [4.78, 5) is 67.7. The third-order valence-electron chi connectivity index (χ3n) is 13.2. The average molecular weight is 851 g/mol. The van der Waals surface area contributed by atoms with Crippen molar-refractivity contribution in [1.82, 2.24) is 10.6 Å². The first-order valence-electron chi connectivity index (χ1n) is 20.4. The lowest BCUT2D eigenvalue weighted by molar-refractivity contribution is -0.365. The summed E-state index contributed by atoms with van der Waals surface area (Å²) in [5.74, 6) is -5.15. The maximum Gasteiger partial charge on any atom is 0.338 e. The molecule has 6 N–H and O–H groups in total. The van der Waals surface area contributed by atoms with Gasteiger partial charge < -0.3 is 54.7 Å². The number of urea groups is 1. The Balaban J connectivity index is 1.53. The third-order valence-corrected chi connectivity index (χ3v) is 13.2. The van der Waals surface area contributed by atoms with E-state index in [1.54, 1.807) is 90.1 Å². The summed E-state index contributed by atoms with van der Waals surface area (Å²) < 4.78 is 30.5. The Kier molecular flexibility index (Phi) is 12.3. The number of hydrogen-bond donors (Lipinski definition) is 6. The molecule has 2 aromatic rings. The van der Waals surface area contributed by atoms with Gasteiger partial charge in [0.1, 0.15) is 30.0 Å². The van der Waals surface area contributed by atoms with Crippen molar-refractivity contribution in [2.24, 2.45) is 16.7 Å². The van der Waals surface area contributed by atoms with Gasteiger partial charge in [0.05, 0.1) is 30.2 Å². The molecule has 6 rings (SSSR count). The average Bonchev–Trinajstić information content (AvgIpc) is 3.17. The van der Waals surface area contributed by atoms with Crippen LogP contribution in [0.25, 0.3) is 0 Å². The highest BCUT2D eigenvalue weighted by atomic mass is 16.6. The van der Waals surface area contributed by atoms with Crippen molar-refractivity contribution in [2.75, 3.05) is 6.61 Å². The minimum atomic E-state index is -2.35.